The van der Waals surface area contributed by atoms with Crippen LogP contribution in [0.15, 0.2) is 36.0 Å². The standard InChI is InChI=1S/C13H16N2OS/c1-10(13-8-14-9-17-13)15-7-11-5-3-4-6-12(11)16-2/h3-6,8-10,15H,7H2,1-2H3. The van der Waals surface area contributed by atoms with Crippen LogP contribution in [-0.2, 0) is 6.54 Å². The lowest BCUT2D eigenvalue weighted by Gasteiger charge is -2.13. The molecule has 0 fully saturated rings. The molecule has 0 saturated heterocycles. The van der Waals surface area contributed by atoms with E-state index in [0.29, 0.717) is 6.04 Å². The maximum absolute atomic E-state index is 5.32. The second-order valence-corrected chi connectivity index (χ2v) is 4.74. The zero-order valence-corrected chi connectivity index (χ0v) is 10.8. The fourth-order valence-corrected chi connectivity index (χ4v) is 2.30. The highest BCUT2D eigenvalue weighted by Crippen LogP contribution is 2.20. The summed E-state index contributed by atoms with van der Waals surface area (Å²) in [6.07, 6.45) is 1.91. The summed E-state index contributed by atoms with van der Waals surface area (Å²) in [6.45, 7) is 2.94. The van der Waals surface area contributed by atoms with Crippen LogP contribution in [0, 0.1) is 0 Å². The largest absolute Gasteiger partial charge is 0.496 e. The molecule has 1 atom stereocenters. The van der Waals surface area contributed by atoms with Crippen LogP contribution in [0.3, 0.4) is 0 Å². The van der Waals surface area contributed by atoms with Crippen molar-refractivity contribution in [2.24, 2.45) is 0 Å². The van der Waals surface area contributed by atoms with Crippen LogP contribution in [-0.4, -0.2) is 12.1 Å². The molecule has 1 unspecified atom stereocenters. The van der Waals surface area contributed by atoms with Crippen LogP contribution in [0.4, 0.5) is 0 Å². The van der Waals surface area contributed by atoms with Gasteiger partial charge in [-0.3, -0.25) is 4.98 Å². The fourth-order valence-electron chi connectivity index (χ4n) is 1.65. The van der Waals surface area contributed by atoms with Gasteiger partial charge in [-0.25, -0.2) is 0 Å². The summed E-state index contributed by atoms with van der Waals surface area (Å²) in [5.74, 6) is 0.927. The minimum absolute atomic E-state index is 0.312. The monoisotopic (exact) mass is 248 g/mol. The Morgan fingerprint density at radius 1 is 1.41 bits per heavy atom. The maximum atomic E-state index is 5.32. The van der Waals surface area contributed by atoms with Crippen molar-refractivity contribution in [3.8, 4) is 5.75 Å². The van der Waals surface area contributed by atoms with Gasteiger partial charge in [-0.15, -0.1) is 11.3 Å². The number of hydrogen-bond acceptors (Lipinski definition) is 4. The zero-order valence-electron chi connectivity index (χ0n) is 10.0. The summed E-state index contributed by atoms with van der Waals surface area (Å²) in [7, 11) is 1.70. The Balaban J connectivity index is 1.98. The third-order valence-corrected chi connectivity index (χ3v) is 3.63. The Morgan fingerprint density at radius 2 is 2.24 bits per heavy atom. The molecule has 0 aliphatic carbocycles. The van der Waals surface area contributed by atoms with Gasteiger partial charge in [0.2, 0.25) is 0 Å². The normalized spacial score (nSPS) is 12.4. The molecule has 1 N–H and O–H groups in total. The van der Waals surface area contributed by atoms with Gasteiger partial charge >= 0.3 is 0 Å². The van der Waals surface area contributed by atoms with Crippen molar-refractivity contribution >= 4 is 11.3 Å². The highest BCUT2D eigenvalue weighted by Gasteiger charge is 2.07. The highest BCUT2D eigenvalue weighted by molar-refractivity contribution is 7.09. The van der Waals surface area contributed by atoms with Crippen molar-refractivity contribution in [3.63, 3.8) is 0 Å². The number of hydrogen-bond donors (Lipinski definition) is 1. The molecule has 3 nitrogen and oxygen atoms in total. The minimum Gasteiger partial charge on any atom is -0.496 e. The molecule has 1 heterocycles. The van der Waals surface area contributed by atoms with E-state index >= 15 is 0 Å². The Labute approximate surface area is 105 Å². The van der Waals surface area contributed by atoms with E-state index in [1.54, 1.807) is 18.4 Å². The van der Waals surface area contributed by atoms with E-state index < -0.39 is 0 Å². The molecule has 0 bridgehead atoms. The number of methoxy groups -OCH3 is 1. The van der Waals surface area contributed by atoms with Gasteiger partial charge in [0.05, 0.1) is 12.6 Å². The highest BCUT2D eigenvalue weighted by atomic mass is 32.1. The number of rotatable bonds is 5. The van der Waals surface area contributed by atoms with Crippen LogP contribution < -0.4 is 10.1 Å². The van der Waals surface area contributed by atoms with Gasteiger partial charge in [0.25, 0.3) is 0 Å². The molecule has 0 radical (unpaired) electrons. The van der Waals surface area contributed by atoms with Crippen molar-refractivity contribution in [1.82, 2.24) is 10.3 Å². The van der Waals surface area contributed by atoms with Crippen molar-refractivity contribution in [3.05, 3.63) is 46.4 Å². The van der Waals surface area contributed by atoms with E-state index in [1.807, 2.05) is 29.9 Å². The van der Waals surface area contributed by atoms with Crippen LogP contribution in [0.2, 0.25) is 0 Å². The third kappa shape index (κ3) is 3.05. The average Bonchev–Trinajstić information content (AvgIpc) is 2.90. The predicted octanol–water partition coefficient (Wildman–Crippen LogP) is 3.00. The molecule has 0 aliphatic rings. The number of aromatic nitrogens is 1. The van der Waals surface area contributed by atoms with E-state index in [2.05, 4.69) is 23.3 Å². The van der Waals surface area contributed by atoms with Crippen molar-refractivity contribution < 1.29 is 4.74 Å². The van der Waals surface area contributed by atoms with Crippen LogP contribution >= 0.6 is 11.3 Å². The maximum Gasteiger partial charge on any atom is 0.123 e. The smallest absolute Gasteiger partial charge is 0.123 e. The predicted molar refractivity (Wildman–Crippen MR) is 70.4 cm³/mol. The second-order valence-electron chi connectivity index (χ2n) is 3.82. The van der Waals surface area contributed by atoms with Gasteiger partial charge in [-0.1, -0.05) is 18.2 Å². The third-order valence-electron chi connectivity index (χ3n) is 2.67. The second kappa shape index (κ2) is 5.80. The topological polar surface area (TPSA) is 34.1 Å². The number of ether oxygens (including phenoxy) is 1. The molecule has 0 spiro atoms. The quantitative estimate of drug-likeness (QED) is 0.883. The van der Waals surface area contributed by atoms with E-state index in [-0.39, 0.29) is 0 Å². The van der Waals surface area contributed by atoms with Crippen molar-refractivity contribution in [1.29, 1.82) is 0 Å². The first kappa shape index (κ1) is 12.1. The molecular formula is C13H16N2OS. The number of nitrogens with one attached hydrogen (secondary N) is 1. The Kier molecular flexibility index (Phi) is 4.12. The fraction of sp³-hybridized carbons (Fsp3) is 0.308. The Hall–Kier alpha value is -1.39. The average molecular weight is 248 g/mol. The van der Waals surface area contributed by atoms with Crippen LogP contribution in [0.25, 0.3) is 0 Å². The lowest BCUT2D eigenvalue weighted by molar-refractivity contribution is 0.406. The number of thiazole rings is 1. The van der Waals surface area contributed by atoms with Gasteiger partial charge < -0.3 is 10.1 Å². The minimum atomic E-state index is 0.312. The molecule has 17 heavy (non-hydrogen) atoms. The molecule has 4 heteroatoms. The molecular weight excluding hydrogens is 232 g/mol. The molecule has 2 rings (SSSR count). The van der Waals surface area contributed by atoms with Gasteiger partial charge in [-0.2, -0.15) is 0 Å². The molecule has 0 saturated carbocycles. The van der Waals surface area contributed by atoms with E-state index in [9.17, 15) is 0 Å². The first-order valence-electron chi connectivity index (χ1n) is 5.55. The summed E-state index contributed by atoms with van der Waals surface area (Å²) < 4.78 is 5.32. The van der Waals surface area contributed by atoms with Gasteiger partial charge in [0.1, 0.15) is 5.75 Å². The number of benzene rings is 1. The van der Waals surface area contributed by atoms with Gasteiger partial charge in [-0.05, 0) is 13.0 Å². The number of para-hydroxylation sites is 1. The molecule has 2 aromatic rings. The summed E-state index contributed by atoms with van der Waals surface area (Å²) in [5, 5.41) is 3.47. The first-order chi connectivity index (χ1) is 8.31. The molecule has 90 valence electrons. The zero-order chi connectivity index (χ0) is 12.1. The van der Waals surface area contributed by atoms with E-state index in [0.717, 1.165) is 12.3 Å². The summed E-state index contributed by atoms with van der Waals surface area (Å²) >= 11 is 1.67. The van der Waals surface area contributed by atoms with Crippen LogP contribution in [0.5, 0.6) is 5.75 Å². The van der Waals surface area contributed by atoms with E-state index in [1.165, 1.54) is 10.4 Å². The number of nitrogens with zero attached hydrogens (tertiary/aromatic N) is 1. The Bertz CT molecular complexity index is 456. The summed E-state index contributed by atoms with van der Waals surface area (Å²) in [4.78, 5) is 5.34. The van der Waals surface area contributed by atoms with Gasteiger partial charge in [0.15, 0.2) is 0 Å². The van der Waals surface area contributed by atoms with Crippen LogP contribution in [0.1, 0.15) is 23.4 Å². The van der Waals surface area contributed by atoms with Gasteiger partial charge in [0, 0.05) is 29.2 Å². The lowest BCUT2D eigenvalue weighted by Crippen LogP contribution is -2.17. The molecule has 1 aromatic carbocycles. The summed E-state index contributed by atoms with van der Waals surface area (Å²) in [6, 6.07) is 8.37. The molecule has 1 aromatic heterocycles. The van der Waals surface area contributed by atoms with E-state index in [4.69, 9.17) is 4.74 Å². The SMILES string of the molecule is COc1ccccc1CNC(C)c1cncs1. The molecule has 0 amide bonds. The first-order valence-corrected chi connectivity index (χ1v) is 6.43. The van der Waals surface area contributed by atoms with Crippen molar-refractivity contribution in [2.45, 2.75) is 19.5 Å². The Morgan fingerprint density at radius 3 is 2.94 bits per heavy atom. The van der Waals surface area contributed by atoms with Crippen molar-refractivity contribution in [2.75, 3.05) is 7.11 Å². The molecule has 0 aliphatic heterocycles. The lowest BCUT2D eigenvalue weighted by atomic mass is 10.2. The summed E-state index contributed by atoms with van der Waals surface area (Å²) in [5.41, 5.74) is 3.03.